The number of rotatable bonds is 5. The minimum Gasteiger partial charge on any atom is -0.496 e. The van der Waals surface area contributed by atoms with Crippen molar-refractivity contribution in [2.24, 2.45) is 11.8 Å². The first-order chi connectivity index (χ1) is 9.74. The van der Waals surface area contributed by atoms with Gasteiger partial charge in [0.25, 0.3) is 0 Å². The molecular weight excluding hydrogens is 246 g/mol. The highest BCUT2D eigenvalue weighted by molar-refractivity contribution is 5.37. The monoisotopic (exact) mass is 275 g/mol. The fourth-order valence-corrected chi connectivity index (χ4v) is 3.61. The molecule has 20 heavy (non-hydrogen) atoms. The molecule has 0 saturated heterocycles. The van der Waals surface area contributed by atoms with Gasteiger partial charge in [0, 0.05) is 0 Å². The van der Waals surface area contributed by atoms with Crippen LogP contribution in [0.5, 0.6) is 5.75 Å². The van der Waals surface area contributed by atoms with Crippen LogP contribution < -0.4 is 10.1 Å². The van der Waals surface area contributed by atoms with E-state index in [2.05, 4.69) is 37.5 Å². The van der Waals surface area contributed by atoms with Gasteiger partial charge in [-0.1, -0.05) is 37.0 Å². The second-order valence-corrected chi connectivity index (χ2v) is 6.24. The molecule has 2 nitrogen and oxygen atoms in total. The van der Waals surface area contributed by atoms with Crippen molar-refractivity contribution in [1.29, 1.82) is 0 Å². The van der Waals surface area contributed by atoms with Crippen molar-refractivity contribution < 1.29 is 4.74 Å². The molecule has 0 aliphatic heterocycles. The molecule has 1 aliphatic rings. The highest BCUT2D eigenvalue weighted by Gasteiger charge is 2.24. The molecule has 0 radical (unpaired) electrons. The average Bonchev–Trinajstić information content (AvgIpc) is 2.66. The van der Waals surface area contributed by atoms with E-state index in [-0.39, 0.29) is 0 Å². The molecular formula is C18H29NO. The highest BCUT2D eigenvalue weighted by Crippen LogP contribution is 2.33. The van der Waals surface area contributed by atoms with Gasteiger partial charge in [0.05, 0.1) is 7.11 Å². The van der Waals surface area contributed by atoms with Crippen LogP contribution in [-0.2, 0) is 6.42 Å². The van der Waals surface area contributed by atoms with Crippen molar-refractivity contribution in [2.45, 2.75) is 45.4 Å². The number of benzene rings is 1. The molecule has 0 aromatic heterocycles. The summed E-state index contributed by atoms with van der Waals surface area (Å²) in [5.41, 5.74) is 2.72. The standard InChI is InChI=1S/C18H29NO/c1-14-9-10-18(20-3)17(11-14)12-15-7-5-4-6-8-16(15)13-19-2/h9-11,15-16,19H,4-8,12-13H2,1-3H3. The molecule has 2 atom stereocenters. The maximum Gasteiger partial charge on any atom is 0.122 e. The second-order valence-electron chi connectivity index (χ2n) is 6.24. The van der Waals surface area contributed by atoms with Crippen molar-refractivity contribution >= 4 is 0 Å². The van der Waals surface area contributed by atoms with Crippen LogP contribution >= 0.6 is 0 Å². The van der Waals surface area contributed by atoms with E-state index in [1.54, 1.807) is 7.11 Å². The topological polar surface area (TPSA) is 21.3 Å². The van der Waals surface area contributed by atoms with E-state index in [1.165, 1.54) is 43.2 Å². The van der Waals surface area contributed by atoms with Crippen LogP contribution in [0.3, 0.4) is 0 Å². The quantitative estimate of drug-likeness (QED) is 0.821. The van der Waals surface area contributed by atoms with Crippen LogP contribution in [0.25, 0.3) is 0 Å². The molecule has 1 aliphatic carbocycles. The van der Waals surface area contributed by atoms with Gasteiger partial charge in [-0.2, -0.15) is 0 Å². The van der Waals surface area contributed by atoms with Gasteiger partial charge in [-0.15, -0.1) is 0 Å². The zero-order valence-corrected chi connectivity index (χ0v) is 13.2. The van der Waals surface area contributed by atoms with Crippen LogP contribution in [-0.4, -0.2) is 20.7 Å². The molecule has 0 heterocycles. The van der Waals surface area contributed by atoms with E-state index < -0.39 is 0 Å². The van der Waals surface area contributed by atoms with E-state index in [1.807, 2.05) is 0 Å². The Morgan fingerprint density at radius 3 is 2.60 bits per heavy atom. The van der Waals surface area contributed by atoms with Gasteiger partial charge in [-0.25, -0.2) is 0 Å². The summed E-state index contributed by atoms with van der Waals surface area (Å²) in [7, 11) is 3.86. The Balaban J connectivity index is 2.14. The number of hydrogen-bond acceptors (Lipinski definition) is 2. The molecule has 0 bridgehead atoms. The largest absolute Gasteiger partial charge is 0.496 e. The molecule has 0 spiro atoms. The number of ether oxygens (including phenoxy) is 1. The zero-order valence-electron chi connectivity index (χ0n) is 13.2. The van der Waals surface area contributed by atoms with Gasteiger partial charge in [0.2, 0.25) is 0 Å². The Bertz CT molecular complexity index is 416. The van der Waals surface area contributed by atoms with E-state index in [0.29, 0.717) is 0 Å². The van der Waals surface area contributed by atoms with Crippen LogP contribution in [0.15, 0.2) is 18.2 Å². The predicted octanol–water partition coefficient (Wildman–Crippen LogP) is 3.96. The minimum atomic E-state index is 0.792. The zero-order chi connectivity index (χ0) is 14.4. The van der Waals surface area contributed by atoms with Crippen molar-refractivity contribution in [2.75, 3.05) is 20.7 Å². The van der Waals surface area contributed by atoms with Crippen LogP contribution in [0.4, 0.5) is 0 Å². The fourth-order valence-electron chi connectivity index (χ4n) is 3.61. The SMILES string of the molecule is CNCC1CCCCCC1Cc1cc(C)ccc1OC. The molecule has 1 saturated carbocycles. The maximum absolute atomic E-state index is 5.55. The smallest absolute Gasteiger partial charge is 0.122 e. The van der Waals surface area contributed by atoms with Crippen molar-refractivity contribution in [3.63, 3.8) is 0 Å². The third-order valence-electron chi connectivity index (χ3n) is 4.70. The Kier molecular flexibility index (Phi) is 5.90. The van der Waals surface area contributed by atoms with Crippen molar-refractivity contribution in [1.82, 2.24) is 5.32 Å². The fraction of sp³-hybridized carbons (Fsp3) is 0.667. The van der Waals surface area contributed by atoms with Gasteiger partial charge < -0.3 is 10.1 Å². The summed E-state index contributed by atoms with van der Waals surface area (Å²) in [5, 5.41) is 3.39. The van der Waals surface area contributed by atoms with Crippen LogP contribution in [0.2, 0.25) is 0 Å². The summed E-state index contributed by atoms with van der Waals surface area (Å²) in [6.45, 7) is 3.32. The Hall–Kier alpha value is -1.02. The van der Waals surface area contributed by atoms with Gasteiger partial charge in [-0.3, -0.25) is 0 Å². The Labute approximate surface area is 123 Å². The Morgan fingerprint density at radius 2 is 1.90 bits per heavy atom. The molecule has 1 N–H and O–H groups in total. The highest BCUT2D eigenvalue weighted by atomic mass is 16.5. The Morgan fingerprint density at radius 1 is 1.15 bits per heavy atom. The lowest BCUT2D eigenvalue weighted by molar-refractivity contribution is 0.300. The third-order valence-corrected chi connectivity index (χ3v) is 4.70. The first-order valence-electron chi connectivity index (χ1n) is 8.02. The lowest BCUT2D eigenvalue weighted by Gasteiger charge is -2.26. The molecule has 1 fully saturated rings. The second kappa shape index (κ2) is 7.68. The molecule has 0 amide bonds. The minimum absolute atomic E-state index is 0.792. The van der Waals surface area contributed by atoms with Gasteiger partial charge in [-0.05, 0) is 63.2 Å². The summed E-state index contributed by atoms with van der Waals surface area (Å²) < 4.78 is 5.55. The summed E-state index contributed by atoms with van der Waals surface area (Å²) in [6, 6.07) is 6.56. The number of methoxy groups -OCH3 is 1. The first-order valence-corrected chi connectivity index (χ1v) is 8.02. The number of hydrogen-bond donors (Lipinski definition) is 1. The number of nitrogens with one attached hydrogen (secondary N) is 1. The van der Waals surface area contributed by atoms with Gasteiger partial charge in [0.1, 0.15) is 5.75 Å². The van der Waals surface area contributed by atoms with Crippen LogP contribution in [0.1, 0.15) is 43.2 Å². The molecule has 112 valence electrons. The average molecular weight is 275 g/mol. The van der Waals surface area contributed by atoms with E-state index in [9.17, 15) is 0 Å². The van der Waals surface area contributed by atoms with Crippen molar-refractivity contribution in [3.8, 4) is 5.75 Å². The first kappa shape index (κ1) is 15.4. The maximum atomic E-state index is 5.55. The van der Waals surface area contributed by atoms with E-state index in [4.69, 9.17) is 4.74 Å². The lowest BCUT2D eigenvalue weighted by atomic mass is 9.82. The van der Waals surface area contributed by atoms with Gasteiger partial charge in [0.15, 0.2) is 0 Å². The summed E-state index contributed by atoms with van der Waals surface area (Å²) >= 11 is 0. The molecule has 2 heteroatoms. The molecule has 1 aromatic carbocycles. The number of aryl methyl sites for hydroxylation is 1. The normalized spacial score (nSPS) is 23.4. The molecule has 2 unspecified atom stereocenters. The van der Waals surface area contributed by atoms with E-state index >= 15 is 0 Å². The van der Waals surface area contributed by atoms with Crippen LogP contribution in [0, 0.1) is 18.8 Å². The van der Waals surface area contributed by atoms with E-state index in [0.717, 1.165) is 30.6 Å². The summed E-state index contributed by atoms with van der Waals surface area (Å²) in [5.74, 6) is 2.66. The predicted molar refractivity (Wildman–Crippen MR) is 85.4 cm³/mol. The van der Waals surface area contributed by atoms with Crippen molar-refractivity contribution in [3.05, 3.63) is 29.3 Å². The summed E-state index contributed by atoms with van der Waals surface area (Å²) in [6.07, 6.45) is 8.09. The third kappa shape index (κ3) is 3.99. The molecule has 1 aromatic rings. The summed E-state index contributed by atoms with van der Waals surface area (Å²) in [4.78, 5) is 0. The lowest BCUT2D eigenvalue weighted by Crippen LogP contribution is -2.26. The van der Waals surface area contributed by atoms with Gasteiger partial charge >= 0.3 is 0 Å². The molecule has 2 rings (SSSR count).